The van der Waals surface area contributed by atoms with E-state index < -0.39 is 0 Å². The zero-order chi connectivity index (χ0) is 17.9. The third-order valence-electron chi connectivity index (χ3n) is 4.61. The van der Waals surface area contributed by atoms with Crippen LogP contribution in [0.3, 0.4) is 0 Å². The summed E-state index contributed by atoms with van der Waals surface area (Å²) >= 11 is 1.60. The minimum absolute atomic E-state index is 0.179. The molecule has 4 rings (SSSR count). The number of hydrogen-bond acceptors (Lipinski definition) is 5. The first-order chi connectivity index (χ1) is 12.8. The van der Waals surface area contributed by atoms with Crippen molar-refractivity contribution < 1.29 is 9.53 Å². The van der Waals surface area contributed by atoms with Gasteiger partial charge in [-0.1, -0.05) is 12.1 Å². The van der Waals surface area contributed by atoms with Crippen molar-refractivity contribution in [2.75, 3.05) is 24.8 Å². The number of anilines is 1. The van der Waals surface area contributed by atoms with E-state index in [1.165, 1.54) is 0 Å². The number of carbonyl (C=O) groups excluding carboxylic acids is 1. The SMILES string of the molecule is CSc1ccccc1NC(=O)c1cnc2c(c1)ncn2C1CCOCC1. The van der Waals surface area contributed by atoms with Crippen molar-refractivity contribution in [3.8, 4) is 0 Å². The molecule has 3 heterocycles. The Morgan fingerprint density at radius 2 is 2.08 bits per heavy atom. The van der Waals surface area contributed by atoms with E-state index in [1.54, 1.807) is 24.0 Å². The summed E-state index contributed by atoms with van der Waals surface area (Å²) in [6, 6.07) is 9.90. The molecule has 0 atom stereocenters. The second kappa shape index (κ2) is 7.47. The van der Waals surface area contributed by atoms with Crippen molar-refractivity contribution in [1.82, 2.24) is 14.5 Å². The maximum absolute atomic E-state index is 12.6. The summed E-state index contributed by atoms with van der Waals surface area (Å²) in [4.78, 5) is 22.6. The molecule has 0 bridgehead atoms. The molecule has 26 heavy (non-hydrogen) atoms. The average molecular weight is 368 g/mol. The summed E-state index contributed by atoms with van der Waals surface area (Å²) in [5.74, 6) is -0.179. The van der Waals surface area contributed by atoms with Crippen LogP contribution >= 0.6 is 11.8 Å². The Labute approximate surface area is 156 Å². The van der Waals surface area contributed by atoms with Gasteiger partial charge in [0.25, 0.3) is 5.91 Å². The lowest BCUT2D eigenvalue weighted by atomic mass is 10.1. The number of benzene rings is 1. The Bertz CT molecular complexity index is 934. The Kier molecular flexibility index (Phi) is 4.90. The van der Waals surface area contributed by atoms with Crippen LogP contribution in [-0.2, 0) is 4.74 Å². The van der Waals surface area contributed by atoms with Crippen molar-refractivity contribution in [1.29, 1.82) is 0 Å². The van der Waals surface area contributed by atoms with E-state index in [-0.39, 0.29) is 5.91 Å². The van der Waals surface area contributed by atoms with Crippen LogP contribution in [0.5, 0.6) is 0 Å². The molecule has 1 amide bonds. The van der Waals surface area contributed by atoms with E-state index in [1.807, 2.05) is 36.8 Å². The van der Waals surface area contributed by atoms with Crippen LogP contribution in [0.4, 0.5) is 5.69 Å². The van der Waals surface area contributed by atoms with Crippen LogP contribution in [0.25, 0.3) is 11.2 Å². The molecule has 1 aliphatic rings. The molecule has 1 fully saturated rings. The summed E-state index contributed by atoms with van der Waals surface area (Å²) in [6.07, 6.45) is 7.35. The summed E-state index contributed by atoms with van der Waals surface area (Å²) in [5.41, 5.74) is 2.86. The molecule has 0 aliphatic carbocycles. The highest BCUT2D eigenvalue weighted by Crippen LogP contribution is 2.26. The lowest BCUT2D eigenvalue weighted by Gasteiger charge is -2.23. The predicted octanol–water partition coefficient (Wildman–Crippen LogP) is 3.76. The molecule has 0 saturated carbocycles. The minimum Gasteiger partial charge on any atom is -0.381 e. The molecule has 1 aliphatic heterocycles. The second-order valence-corrected chi connectivity index (χ2v) is 7.06. The van der Waals surface area contributed by atoms with Gasteiger partial charge >= 0.3 is 0 Å². The van der Waals surface area contributed by atoms with Crippen molar-refractivity contribution >= 4 is 34.5 Å². The molecular formula is C19H20N4O2S. The highest BCUT2D eigenvalue weighted by molar-refractivity contribution is 7.98. The van der Waals surface area contributed by atoms with Gasteiger partial charge in [0.1, 0.15) is 5.52 Å². The van der Waals surface area contributed by atoms with Crippen molar-refractivity contribution in [3.05, 3.63) is 48.4 Å². The summed E-state index contributed by atoms with van der Waals surface area (Å²) in [5, 5.41) is 2.96. The van der Waals surface area contributed by atoms with Crippen LogP contribution in [0.1, 0.15) is 29.2 Å². The van der Waals surface area contributed by atoms with E-state index in [9.17, 15) is 4.79 Å². The van der Waals surface area contributed by atoms with Crippen molar-refractivity contribution in [2.45, 2.75) is 23.8 Å². The van der Waals surface area contributed by atoms with Crippen LogP contribution in [-0.4, -0.2) is 39.9 Å². The predicted molar refractivity (Wildman–Crippen MR) is 103 cm³/mol. The maximum atomic E-state index is 12.6. The highest BCUT2D eigenvalue weighted by Gasteiger charge is 2.19. The first kappa shape index (κ1) is 17.1. The number of para-hydroxylation sites is 1. The second-order valence-electron chi connectivity index (χ2n) is 6.22. The van der Waals surface area contributed by atoms with E-state index in [4.69, 9.17) is 4.74 Å². The number of ether oxygens (including phenoxy) is 1. The standard InChI is InChI=1S/C19H20N4O2S/c1-26-17-5-3-2-4-15(17)22-19(24)13-10-16-18(20-11-13)23(12-21-16)14-6-8-25-9-7-14/h2-5,10-12,14H,6-9H2,1H3,(H,22,24). The molecule has 6 nitrogen and oxygen atoms in total. The number of fused-ring (bicyclic) bond motifs is 1. The molecule has 2 aromatic heterocycles. The molecule has 134 valence electrons. The number of hydrogen-bond donors (Lipinski definition) is 1. The van der Waals surface area contributed by atoms with Crippen molar-refractivity contribution in [2.24, 2.45) is 0 Å². The molecule has 1 N–H and O–H groups in total. The molecule has 0 spiro atoms. The summed E-state index contributed by atoms with van der Waals surface area (Å²) < 4.78 is 7.53. The van der Waals surface area contributed by atoms with Gasteiger partial charge in [0, 0.05) is 30.3 Å². The first-order valence-corrected chi connectivity index (χ1v) is 9.83. The van der Waals surface area contributed by atoms with Gasteiger partial charge < -0.3 is 14.6 Å². The number of amides is 1. The molecule has 3 aromatic rings. The molecule has 1 saturated heterocycles. The first-order valence-electron chi connectivity index (χ1n) is 8.61. The number of rotatable bonds is 4. The third kappa shape index (κ3) is 3.32. The highest BCUT2D eigenvalue weighted by atomic mass is 32.2. The number of thioether (sulfide) groups is 1. The molecule has 0 unspecified atom stereocenters. The van der Waals surface area contributed by atoms with Crippen molar-refractivity contribution in [3.63, 3.8) is 0 Å². The lowest BCUT2D eigenvalue weighted by molar-refractivity contribution is 0.0704. The molecular weight excluding hydrogens is 348 g/mol. The summed E-state index contributed by atoms with van der Waals surface area (Å²) in [7, 11) is 0. The van der Waals surface area contributed by atoms with Gasteiger partial charge in [-0.3, -0.25) is 4.79 Å². The van der Waals surface area contributed by atoms with Gasteiger partial charge in [-0.15, -0.1) is 11.8 Å². The monoisotopic (exact) mass is 368 g/mol. The lowest BCUT2D eigenvalue weighted by Crippen LogP contribution is -2.19. The number of pyridine rings is 1. The number of aromatic nitrogens is 3. The van der Waals surface area contributed by atoms with Gasteiger partial charge in [0.05, 0.1) is 17.6 Å². The fraction of sp³-hybridized carbons (Fsp3) is 0.316. The van der Waals surface area contributed by atoms with Gasteiger partial charge in [-0.25, -0.2) is 9.97 Å². The number of nitrogens with one attached hydrogen (secondary N) is 1. The topological polar surface area (TPSA) is 69.0 Å². The van der Waals surface area contributed by atoms with Crippen LogP contribution in [0, 0.1) is 0 Å². The molecule has 1 aromatic carbocycles. The Hall–Kier alpha value is -2.38. The van der Waals surface area contributed by atoms with Gasteiger partial charge in [-0.05, 0) is 37.3 Å². The number of imidazole rings is 1. The zero-order valence-corrected chi connectivity index (χ0v) is 15.3. The fourth-order valence-corrected chi connectivity index (χ4v) is 3.77. The van der Waals surface area contributed by atoms with Gasteiger partial charge in [0.15, 0.2) is 5.65 Å². The van der Waals surface area contributed by atoms with Gasteiger partial charge in [0.2, 0.25) is 0 Å². The Morgan fingerprint density at radius 3 is 2.88 bits per heavy atom. The zero-order valence-electron chi connectivity index (χ0n) is 14.5. The Morgan fingerprint density at radius 1 is 1.27 bits per heavy atom. The number of nitrogens with zero attached hydrogens (tertiary/aromatic N) is 3. The van der Waals surface area contributed by atoms with Crippen LogP contribution in [0.2, 0.25) is 0 Å². The quantitative estimate of drug-likeness (QED) is 0.710. The molecule has 7 heteroatoms. The number of carbonyl (C=O) groups is 1. The maximum Gasteiger partial charge on any atom is 0.257 e. The van der Waals surface area contributed by atoms with E-state index in [0.29, 0.717) is 11.6 Å². The van der Waals surface area contributed by atoms with Crippen LogP contribution in [0.15, 0.2) is 47.8 Å². The van der Waals surface area contributed by atoms with E-state index in [2.05, 4.69) is 19.9 Å². The molecule has 0 radical (unpaired) electrons. The largest absolute Gasteiger partial charge is 0.381 e. The smallest absolute Gasteiger partial charge is 0.257 e. The van der Waals surface area contributed by atoms with Crippen LogP contribution < -0.4 is 5.32 Å². The third-order valence-corrected chi connectivity index (χ3v) is 5.41. The van der Waals surface area contributed by atoms with E-state index in [0.717, 1.165) is 47.8 Å². The normalized spacial score (nSPS) is 15.3. The Balaban J connectivity index is 1.58. The average Bonchev–Trinajstić information content (AvgIpc) is 3.12. The van der Waals surface area contributed by atoms with Gasteiger partial charge in [-0.2, -0.15) is 0 Å². The van der Waals surface area contributed by atoms with E-state index >= 15 is 0 Å². The minimum atomic E-state index is -0.179. The summed E-state index contributed by atoms with van der Waals surface area (Å²) in [6.45, 7) is 1.53. The fourth-order valence-electron chi connectivity index (χ4n) is 3.22.